The van der Waals surface area contributed by atoms with Crippen molar-refractivity contribution < 1.29 is 26.4 Å². The van der Waals surface area contributed by atoms with E-state index < -0.39 is 32.5 Å². The molecule has 36 heavy (non-hydrogen) atoms. The summed E-state index contributed by atoms with van der Waals surface area (Å²) in [5.74, 6) is -0.293. The maximum Gasteiger partial charge on any atom is 0.261 e. The van der Waals surface area contributed by atoms with E-state index in [0.717, 1.165) is 27.3 Å². The van der Waals surface area contributed by atoms with Crippen molar-refractivity contribution in [2.75, 3.05) is 34.3 Å². The summed E-state index contributed by atoms with van der Waals surface area (Å²) in [6, 6.07) is 16.1. The Kier molecular flexibility index (Phi) is 7.95. The summed E-state index contributed by atoms with van der Waals surface area (Å²) in [7, 11) is -6.25. The Morgan fingerprint density at radius 1 is 0.917 bits per heavy atom. The fourth-order valence-corrected chi connectivity index (χ4v) is 5.65. The Hall–Kier alpha value is -3.57. The van der Waals surface area contributed by atoms with E-state index in [9.17, 15) is 21.6 Å². The molecule has 9 nitrogen and oxygen atoms in total. The number of para-hydroxylation sites is 1. The predicted octanol–water partition coefficient (Wildman–Crippen LogP) is 3.83. The Labute approximate surface area is 212 Å². The number of anilines is 3. The zero-order valence-corrected chi connectivity index (χ0v) is 22.3. The number of hydrogen-bond donors (Lipinski definition) is 2. The maximum absolute atomic E-state index is 12.9. The first kappa shape index (κ1) is 27.0. The van der Waals surface area contributed by atoms with Gasteiger partial charge in [0.1, 0.15) is 12.3 Å². The molecule has 11 heteroatoms. The van der Waals surface area contributed by atoms with Gasteiger partial charge in [-0.2, -0.15) is 0 Å². The Balaban J connectivity index is 1.78. The molecule has 0 fully saturated rings. The number of nitrogens with zero attached hydrogens (tertiary/aromatic N) is 1. The number of benzene rings is 3. The van der Waals surface area contributed by atoms with Gasteiger partial charge >= 0.3 is 0 Å². The number of amides is 1. The number of ether oxygens (including phenoxy) is 1. The molecule has 3 rings (SSSR count). The molecule has 0 aliphatic rings. The van der Waals surface area contributed by atoms with E-state index in [1.54, 1.807) is 25.1 Å². The molecule has 1 amide bonds. The summed E-state index contributed by atoms with van der Waals surface area (Å²) in [5.41, 5.74) is 3.46. The lowest BCUT2D eigenvalue weighted by atomic mass is 10.1. The van der Waals surface area contributed by atoms with Gasteiger partial charge in [-0.1, -0.05) is 24.3 Å². The number of aryl methyl sites for hydroxylation is 3. The van der Waals surface area contributed by atoms with Crippen LogP contribution < -0.4 is 19.1 Å². The van der Waals surface area contributed by atoms with E-state index in [1.807, 2.05) is 32.0 Å². The van der Waals surface area contributed by atoms with Gasteiger partial charge in [-0.05, 0) is 73.9 Å². The van der Waals surface area contributed by atoms with Crippen LogP contribution in [0.2, 0.25) is 0 Å². The second-order valence-corrected chi connectivity index (χ2v) is 12.0. The molecule has 192 valence electrons. The van der Waals surface area contributed by atoms with Gasteiger partial charge in [0, 0.05) is 5.69 Å². The van der Waals surface area contributed by atoms with Gasteiger partial charge in [-0.15, -0.1) is 0 Å². The standard InChI is InChI=1S/C25H29N3O6S2/c1-17-9-14-23(34-4)22(15-17)28(35(5,30)31)16-24(29)26-20-10-12-21(13-11-20)36(32,33)27-25-18(2)7-6-8-19(25)3/h6-15,27H,16H2,1-5H3,(H,26,29). The summed E-state index contributed by atoms with van der Waals surface area (Å²) >= 11 is 0. The molecule has 0 unspecified atom stereocenters. The van der Waals surface area contributed by atoms with Crippen LogP contribution in [0.4, 0.5) is 17.1 Å². The van der Waals surface area contributed by atoms with Crippen molar-refractivity contribution in [1.82, 2.24) is 0 Å². The van der Waals surface area contributed by atoms with Crippen LogP contribution in [0.1, 0.15) is 16.7 Å². The van der Waals surface area contributed by atoms with E-state index in [0.29, 0.717) is 17.1 Å². The second kappa shape index (κ2) is 10.6. The van der Waals surface area contributed by atoms with Crippen LogP contribution in [0.5, 0.6) is 5.75 Å². The summed E-state index contributed by atoms with van der Waals surface area (Å²) in [6.45, 7) is 4.94. The van der Waals surface area contributed by atoms with E-state index >= 15 is 0 Å². The number of carbonyl (C=O) groups is 1. The Bertz CT molecular complexity index is 1460. The minimum absolute atomic E-state index is 0.0189. The summed E-state index contributed by atoms with van der Waals surface area (Å²) in [5, 5.41) is 2.61. The van der Waals surface area contributed by atoms with E-state index in [4.69, 9.17) is 4.74 Å². The first-order valence-corrected chi connectivity index (χ1v) is 14.3. The second-order valence-electron chi connectivity index (χ2n) is 8.39. The number of carbonyl (C=O) groups excluding carboxylic acids is 1. The largest absolute Gasteiger partial charge is 0.495 e. The van der Waals surface area contributed by atoms with Gasteiger partial charge in [-0.25, -0.2) is 16.8 Å². The van der Waals surface area contributed by atoms with Crippen LogP contribution in [-0.2, 0) is 24.8 Å². The number of hydrogen-bond acceptors (Lipinski definition) is 6. The average molecular weight is 532 g/mol. The lowest BCUT2D eigenvalue weighted by Gasteiger charge is -2.24. The molecule has 0 bridgehead atoms. The van der Waals surface area contributed by atoms with Crippen LogP contribution in [0.15, 0.2) is 65.6 Å². The quantitative estimate of drug-likeness (QED) is 0.433. The molecule has 2 N–H and O–H groups in total. The molecule has 0 radical (unpaired) electrons. The van der Waals surface area contributed by atoms with Crippen molar-refractivity contribution >= 4 is 43.0 Å². The summed E-state index contributed by atoms with van der Waals surface area (Å²) < 4.78 is 59.5. The molecule has 3 aromatic carbocycles. The highest BCUT2D eigenvalue weighted by Crippen LogP contribution is 2.31. The summed E-state index contributed by atoms with van der Waals surface area (Å²) in [4.78, 5) is 12.8. The molecule has 0 aliphatic carbocycles. The van der Waals surface area contributed by atoms with Crippen LogP contribution >= 0.6 is 0 Å². The monoisotopic (exact) mass is 531 g/mol. The third-order valence-corrected chi connectivity index (χ3v) is 7.95. The normalized spacial score (nSPS) is 11.6. The number of methoxy groups -OCH3 is 1. The topological polar surface area (TPSA) is 122 Å². The van der Waals surface area contributed by atoms with Gasteiger partial charge < -0.3 is 10.1 Å². The fourth-order valence-electron chi connectivity index (χ4n) is 3.59. The first-order chi connectivity index (χ1) is 16.8. The van der Waals surface area contributed by atoms with Crippen molar-refractivity contribution in [3.05, 3.63) is 77.4 Å². The number of sulfonamides is 2. The highest BCUT2D eigenvalue weighted by atomic mass is 32.2. The minimum Gasteiger partial charge on any atom is -0.495 e. The van der Waals surface area contributed by atoms with E-state index in [2.05, 4.69) is 10.0 Å². The minimum atomic E-state index is -3.85. The van der Waals surface area contributed by atoms with Crippen LogP contribution in [0.3, 0.4) is 0 Å². The van der Waals surface area contributed by atoms with Crippen molar-refractivity contribution in [2.45, 2.75) is 25.7 Å². The number of rotatable bonds is 9. The lowest BCUT2D eigenvalue weighted by Crippen LogP contribution is -2.37. The number of nitrogens with one attached hydrogen (secondary N) is 2. The third kappa shape index (κ3) is 6.35. The highest BCUT2D eigenvalue weighted by Gasteiger charge is 2.24. The SMILES string of the molecule is COc1ccc(C)cc1N(CC(=O)Nc1ccc(S(=O)(=O)Nc2c(C)cccc2C)cc1)S(C)(=O)=O. The fraction of sp³-hybridized carbons (Fsp3) is 0.240. The zero-order chi connectivity index (χ0) is 26.7. The molecule has 3 aromatic rings. The Morgan fingerprint density at radius 2 is 1.53 bits per heavy atom. The van der Waals surface area contributed by atoms with Crippen LogP contribution in [0, 0.1) is 20.8 Å². The van der Waals surface area contributed by atoms with Gasteiger partial charge in [0.25, 0.3) is 10.0 Å². The maximum atomic E-state index is 12.9. The molecule has 0 spiro atoms. The van der Waals surface area contributed by atoms with Gasteiger partial charge in [0.2, 0.25) is 15.9 Å². The molecule has 0 aliphatic heterocycles. The summed E-state index contributed by atoms with van der Waals surface area (Å²) in [6.07, 6.45) is 1.00. The Morgan fingerprint density at radius 3 is 2.08 bits per heavy atom. The molecule has 0 heterocycles. The molecular weight excluding hydrogens is 502 g/mol. The van der Waals surface area contributed by atoms with Gasteiger partial charge in [0.05, 0.1) is 29.6 Å². The molecular formula is C25H29N3O6S2. The highest BCUT2D eigenvalue weighted by molar-refractivity contribution is 7.92. The van der Waals surface area contributed by atoms with Crippen molar-refractivity contribution in [1.29, 1.82) is 0 Å². The molecule has 0 atom stereocenters. The average Bonchev–Trinajstić information content (AvgIpc) is 2.79. The molecule has 0 aromatic heterocycles. The van der Waals surface area contributed by atoms with Crippen molar-refractivity contribution in [3.8, 4) is 5.75 Å². The van der Waals surface area contributed by atoms with E-state index in [-0.39, 0.29) is 10.6 Å². The molecule has 0 saturated carbocycles. The van der Waals surface area contributed by atoms with Gasteiger partial charge in [-0.3, -0.25) is 13.8 Å². The lowest BCUT2D eigenvalue weighted by molar-refractivity contribution is -0.114. The third-order valence-electron chi connectivity index (χ3n) is 5.46. The first-order valence-electron chi connectivity index (χ1n) is 10.9. The van der Waals surface area contributed by atoms with Crippen LogP contribution in [0.25, 0.3) is 0 Å². The predicted molar refractivity (Wildman–Crippen MR) is 142 cm³/mol. The van der Waals surface area contributed by atoms with Crippen molar-refractivity contribution in [2.24, 2.45) is 0 Å². The zero-order valence-electron chi connectivity index (χ0n) is 20.7. The van der Waals surface area contributed by atoms with E-state index in [1.165, 1.54) is 31.4 Å². The van der Waals surface area contributed by atoms with Crippen molar-refractivity contribution in [3.63, 3.8) is 0 Å². The van der Waals surface area contributed by atoms with Gasteiger partial charge in [0.15, 0.2) is 0 Å². The van der Waals surface area contributed by atoms with Crippen LogP contribution in [-0.4, -0.2) is 42.7 Å². The smallest absolute Gasteiger partial charge is 0.261 e. The molecule has 0 saturated heterocycles.